The maximum Gasteiger partial charge on any atom is 0.230 e. The van der Waals surface area contributed by atoms with Gasteiger partial charge in [-0.3, -0.25) is 4.79 Å². The Morgan fingerprint density at radius 3 is 1.83 bits per heavy atom. The molecule has 0 bridgehead atoms. The van der Waals surface area contributed by atoms with Gasteiger partial charge in [0.1, 0.15) is 5.69 Å². The molecule has 0 aliphatic rings. The Hall–Kier alpha value is -2.44. The first kappa shape index (κ1) is 17.9. The fourth-order valence-corrected chi connectivity index (χ4v) is 2.18. The van der Waals surface area contributed by atoms with E-state index in [9.17, 15) is 26.7 Å². The van der Waals surface area contributed by atoms with E-state index in [-0.39, 0.29) is 6.42 Å². The minimum Gasteiger partial charge on any atom is -0.321 e. The zero-order valence-corrected chi connectivity index (χ0v) is 12.9. The molecular weight excluding hydrogens is 329 g/mol. The Morgan fingerprint density at radius 1 is 0.875 bits per heavy atom. The molecule has 1 amide bonds. The van der Waals surface area contributed by atoms with E-state index in [0.717, 1.165) is 5.56 Å². The van der Waals surface area contributed by atoms with Crippen LogP contribution in [0.2, 0.25) is 0 Å². The maximum absolute atomic E-state index is 13.6. The molecule has 0 atom stereocenters. The fraction of sp³-hybridized carbons (Fsp3) is 0.235. The summed E-state index contributed by atoms with van der Waals surface area (Å²) in [5.74, 6) is -11.5. The van der Waals surface area contributed by atoms with Gasteiger partial charge in [-0.05, 0) is 12.0 Å². The molecule has 0 saturated carbocycles. The first-order chi connectivity index (χ1) is 11.1. The highest BCUT2D eigenvalue weighted by Crippen LogP contribution is 2.30. The topological polar surface area (TPSA) is 29.1 Å². The number of hydrogen-bond acceptors (Lipinski definition) is 1. The SMILES string of the molecule is CC(C)(Cc1ccccc1)C(=O)Nc1c(F)c(F)c(F)c(F)c1F. The summed E-state index contributed by atoms with van der Waals surface area (Å²) in [6.07, 6.45) is 0.217. The van der Waals surface area contributed by atoms with Gasteiger partial charge in [-0.1, -0.05) is 44.2 Å². The number of carbonyl (C=O) groups excluding carboxylic acids is 1. The highest BCUT2D eigenvalue weighted by Gasteiger charge is 2.32. The van der Waals surface area contributed by atoms with Crippen LogP contribution in [0.1, 0.15) is 19.4 Å². The summed E-state index contributed by atoms with van der Waals surface area (Å²) in [5, 5.41) is 1.81. The molecule has 7 heteroatoms. The average molecular weight is 343 g/mol. The van der Waals surface area contributed by atoms with Gasteiger partial charge >= 0.3 is 0 Å². The number of nitrogens with one attached hydrogen (secondary N) is 1. The molecule has 0 unspecified atom stereocenters. The van der Waals surface area contributed by atoms with Crippen molar-refractivity contribution in [3.8, 4) is 0 Å². The second-order valence-electron chi connectivity index (χ2n) is 5.95. The molecule has 0 aliphatic heterocycles. The summed E-state index contributed by atoms with van der Waals surface area (Å²) in [6, 6.07) is 8.81. The van der Waals surface area contributed by atoms with E-state index < -0.39 is 46.1 Å². The smallest absolute Gasteiger partial charge is 0.230 e. The summed E-state index contributed by atoms with van der Waals surface area (Å²) in [4.78, 5) is 12.3. The van der Waals surface area contributed by atoms with Crippen molar-refractivity contribution >= 4 is 11.6 Å². The van der Waals surface area contributed by atoms with Crippen molar-refractivity contribution in [3.63, 3.8) is 0 Å². The van der Waals surface area contributed by atoms with Crippen LogP contribution in [0.25, 0.3) is 0 Å². The molecule has 2 aromatic carbocycles. The third-order valence-corrected chi connectivity index (χ3v) is 3.55. The normalized spacial score (nSPS) is 11.5. The van der Waals surface area contributed by atoms with E-state index >= 15 is 0 Å². The Bertz CT molecular complexity index is 745. The van der Waals surface area contributed by atoms with Crippen LogP contribution in [0.4, 0.5) is 27.6 Å². The molecular formula is C17H14F5NO. The molecule has 0 saturated heterocycles. The fourth-order valence-electron chi connectivity index (χ4n) is 2.18. The quantitative estimate of drug-likeness (QED) is 0.491. The number of carbonyl (C=O) groups is 1. The van der Waals surface area contributed by atoms with Crippen molar-refractivity contribution in [2.75, 3.05) is 5.32 Å². The van der Waals surface area contributed by atoms with Gasteiger partial charge in [-0.15, -0.1) is 0 Å². The van der Waals surface area contributed by atoms with E-state index in [1.165, 1.54) is 13.8 Å². The van der Waals surface area contributed by atoms with E-state index in [2.05, 4.69) is 0 Å². The molecule has 0 radical (unpaired) electrons. The van der Waals surface area contributed by atoms with Crippen LogP contribution in [0, 0.1) is 34.5 Å². The van der Waals surface area contributed by atoms with Crippen LogP contribution in [0.15, 0.2) is 30.3 Å². The minimum absolute atomic E-state index is 0.217. The summed E-state index contributed by atoms with van der Waals surface area (Å²) >= 11 is 0. The van der Waals surface area contributed by atoms with Crippen molar-refractivity contribution in [1.29, 1.82) is 0 Å². The van der Waals surface area contributed by atoms with E-state index in [4.69, 9.17) is 0 Å². The van der Waals surface area contributed by atoms with Gasteiger partial charge in [0.2, 0.25) is 11.7 Å². The largest absolute Gasteiger partial charge is 0.321 e. The number of halogens is 5. The Morgan fingerprint density at radius 2 is 1.33 bits per heavy atom. The van der Waals surface area contributed by atoms with Gasteiger partial charge in [-0.25, -0.2) is 22.0 Å². The third-order valence-electron chi connectivity index (χ3n) is 3.55. The van der Waals surface area contributed by atoms with E-state index in [1.807, 2.05) is 5.32 Å². The Labute approximate surface area is 135 Å². The molecule has 0 spiro atoms. The molecule has 2 aromatic rings. The minimum atomic E-state index is -2.27. The standard InChI is InChI=1S/C17H14F5NO/c1-17(2,8-9-6-4-3-5-7-9)16(24)23-15-13(21)11(19)10(18)12(20)14(15)22/h3-7H,8H2,1-2H3,(H,23,24). The van der Waals surface area contributed by atoms with Crippen LogP contribution < -0.4 is 5.32 Å². The number of amides is 1. The van der Waals surface area contributed by atoms with Crippen molar-refractivity contribution in [1.82, 2.24) is 0 Å². The zero-order valence-electron chi connectivity index (χ0n) is 12.9. The summed E-state index contributed by atoms with van der Waals surface area (Å²) in [6.45, 7) is 3.00. The lowest BCUT2D eigenvalue weighted by Crippen LogP contribution is -2.33. The molecule has 0 heterocycles. The zero-order chi connectivity index (χ0) is 18.1. The molecule has 0 fully saturated rings. The number of anilines is 1. The van der Waals surface area contributed by atoms with Gasteiger partial charge in [0, 0.05) is 5.41 Å². The van der Waals surface area contributed by atoms with Crippen LogP contribution in [0.5, 0.6) is 0 Å². The summed E-state index contributed by atoms with van der Waals surface area (Å²) in [5.41, 5.74) is -1.70. The first-order valence-electron chi connectivity index (χ1n) is 7.02. The van der Waals surface area contributed by atoms with Crippen LogP contribution in [0.3, 0.4) is 0 Å². The average Bonchev–Trinajstić information content (AvgIpc) is 2.55. The van der Waals surface area contributed by atoms with Gasteiger partial charge in [0.05, 0.1) is 0 Å². The summed E-state index contributed by atoms with van der Waals surface area (Å²) < 4.78 is 66.7. The number of benzene rings is 2. The number of rotatable bonds is 4. The van der Waals surface area contributed by atoms with Crippen molar-refractivity contribution in [2.24, 2.45) is 5.41 Å². The molecule has 128 valence electrons. The summed E-state index contributed by atoms with van der Waals surface area (Å²) in [7, 11) is 0. The van der Waals surface area contributed by atoms with Crippen molar-refractivity contribution in [2.45, 2.75) is 20.3 Å². The monoisotopic (exact) mass is 343 g/mol. The molecule has 2 rings (SSSR count). The number of hydrogen-bond donors (Lipinski definition) is 1. The van der Waals surface area contributed by atoms with E-state index in [0.29, 0.717) is 0 Å². The molecule has 1 N–H and O–H groups in total. The van der Waals surface area contributed by atoms with Gasteiger partial charge in [0.25, 0.3) is 0 Å². The van der Waals surface area contributed by atoms with Crippen LogP contribution in [-0.2, 0) is 11.2 Å². The van der Waals surface area contributed by atoms with E-state index in [1.54, 1.807) is 30.3 Å². The highest BCUT2D eigenvalue weighted by molar-refractivity contribution is 5.95. The first-order valence-corrected chi connectivity index (χ1v) is 7.02. The van der Waals surface area contributed by atoms with Gasteiger partial charge in [-0.2, -0.15) is 0 Å². The second kappa shape index (κ2) is 6.59. The van der Waals surface area contributed by atoms with Gasteiger partial charge in [0.15, 0.2) is 23.3 Å². The maximum atomic E-state index is 13.6. The predicted octanol–water partition coefficient (Wildman–Crippen LogP) is 4.59. The third kappa shape index (κ3) is 3.39. The molecule has 24 heavy (non-hydrogen) atoms. The van der Waals surface area contributed by atoms with Gasteiger partial charge < -0.3 is 5.32 Å². The van der Waals surface area contributed by atoms with Crippen LogP contribution in [-0.4, -0.2) is 5.91 Å². The highest BCUT2D eigenvalue weighted by atomic mass is 19.2. The lowest BCUT2D eigenvalue weighted by Gasteiger charge is -2.24. The lowest BCUT2D eigenvalue weighted by molar-refractivity contribution is -0.124. The van der Waals surface area contributed by atoms with Crippen molar-refractivity contribution < 1.29 is 26.7 Å². The predicted molar refractivity (Wildman–Crippen MR) is 78.8 cm³/mol. The molecule has 0 aromatic heterocycles. The Kier molecular flexibility index (Phi) is 4.91. The Balaban J connectivity index is 2.29. The second-order valence-corrected chi connectivity index (χ2v) is 5.95. The molecule has 0 aliphatic carbocycles. The lowest BCUT2D eigenvalue weighted by atomic mass is 9.84. The van der Waals surface area contributed by atoms with Crippen molar-refractivity contribution in [3.05, 3.63) is 65.0 Å². The molecule has 2 nitrogen and oxygen atoms in total. The van der Waals surface area contributed by atoms with Crippen LogP contribution >= 0.6 is 0 Å².